The number of benzene rings is 13. The van der Waals surface area contributed by atoms with Crippen molar-refractivity contribution in [2.75, 3.05) is 0 Å². The van der Waals surface area contributed by atoms with Crippen LogP contribution in [-0.4, -0.2) is 13.7 Å². The number of alkyl halides is 6. The zero-order chi connectivity index (χ0) is 59.0. The molecule has 16 aromatic rings. The van der Waals surface area contributed by atoms with Gasteiger partial charge in [-0.05, 0) is 207 Å². The van der Waals surface area contributed by atoms with Gasteiger partial charge in [0.2, 0.25) is 0 Å². The number of halogens is 6. The van der Waals surface area contributed by atoms with Gasteiger partial charge < -0.3 is 13.7 Å². The maximum Gasteiger partial charge on any atom is 0.416 e. The number of hydrogen-bond donors (Lipinski definition) is 0. The van der Waals surface area contributed by atoms with Crippen LogP contribution in [0.2, 0.25) is 0 Å². The molecule has 418 valence electrons. The maximum absolute atomic E-state index is 14.5. The Kier molecular flexibility index (Phi) is 11.6. The van der Waals surface area contributed by atoms with Gasteiger partial charge in [0.15, 0.2) is 0 Å². The SMILES string of the molecule is Cc1cccc(-n2c3ccc(-c4ccc5c(c4)c4cc(-c6ccc7c(c6)c6cc(C)ccc6n7-c6cccc(C(F)(F)F)c6)ccc4n5-c4ccc(-c5c6ccccc6c(-c6ccccc6)c6ccccc56)cc4)cc3c3cc(C(F)(F)F)ccc32)c1. The van der Waals surface area contributed by atoms with Crippen LogP contribution < -0.4 is 0 Å². The molecule has 16 rings (SSSR count). The van der Waals surface area contributed by atoms with Gasteiger partial charge in [-0.3, -0.25) is 0 Å². The normalized spacial score (nSPS) is 12.4. The third kappa shape index (κ3) is 8.43. The maximum atomic E-state index is 14.5. The fourth-order valence-electron chi connectivity index (χ4n) is 13.6. The van der Waals surface area contributed by atoms with Crippen molar-refractivity contribution in [1.82, 2.24) is 13.7 Å². The molecule has 0 saturated carbocycles. The van der Waals surface area contributed by atoms with Crippen LogP contribution in [0.25, 0.3) is 149 Å². The highest BCUT2D eigenvalue weighted by Gasteiger charge is 2.32. The Balaban J connectivity index is 0.888. The standard InChI is InChI=1S/C78H49F6N3/c1-46-12-10-16-57(38-46)86-73-36-28-53(43-67(73)68-45-55(78(82,83)84)29-37-74(68)86)52-26-34-71-66(42-52)65-41-51(50-27-35-72-64(40-50)63-39-47(2)22-32-69(63)87(72)58-17-11-15-54(44-58)77(79,80)81)25-33-70(65)85(71)56-30-23-49(24-31-56)76-61-20-8-6-18-59(61)75(48-13-4-3-5-14-48)60-19-7-9-21-62(60)76/h3-45H,1-2H3. The fourth-order valence-corrected chi connectivity index (χ4v) is 13.6. The lowest BCUT2D eigenvalue weighted by atomic mass is 9.86. The van der Waals surface area contributed by atoms with Crippen LogP contribution in [-0.2, 0) is 12.4 Å². The molecular weight excluding hydrogens is 1090 g/mol. The monoisotopic (exact) mass is 1140 g/mol. The van der Waals surface area contributed by atoms with Gasteiger partial charge in [-0.25, -0.2) is 0 Å². The second kappa shape index (κ2) is 19.5. The van der Waals surface area contributed by atoms with Crippen LogP contribution in [0, 0.1) is 13.8 Å². The van der Waals surface area contributed by atoms with Crippen LogP contribution in [0.1, 0.15) is 22.3 Å². The zero-order valence-corrected chi connectivity index (χ0v) is 46.9. The van der Waals surface area contributed by atoms with E-state index in [9.17, 15) is 26.3 Å². The second-order valence-electron chi connectivity index (χ2n) is 22.8. The van der Waals surface area contributed by atoms with Crippen molar-refractivity contribution in [2.45, 2.75) is 26.2 Å². The highest BCUT2D eigenvalue weighted by atomic mass is 19.4. The summed E-state index contributed by atoms with van der Waals surface area (Å²) in [5.41, 5.74) is 16.1. The lowest BCUT2D eigenvalue weighted by molar-refractivity contribution is -0.138. The first-order valence-electron chi connectivity index (χ1n) is 28.9. The van der Waals surface area contributed by atoms with Crippen molar-refractivity contribution in [3.05, 3.63) is 283 Å². The van der Waals surface area contributed by atoms with Gasteiger partial charge in [-0.15, -0.1) is 0 Å². The number of aryl methyl sites for hydroxylation is 2. The van der Waals surface area contributed by atoms with Crippen molar-refractivity contribution < 1.29 is 26.3 Å². The Hall–Kier alpha value is -10.6. The summed E-state index contributed by atoms with van der Waals surface area (Å²) in [6.07, 6.45) is -9.04. The van der Waals surface area contributed by atoms with Gasteiger partial charge in [0.25, 0.3) is 0 Å². The molecule has 87 heavy (non-hydrogen) atoms. The second-order valence-corrected chi connectivity index (χ2v) is 22.8. The van der Waals surface area contributed by atoms with Gasteiger partial charge in [0.1, 0.15) is 0 Å². The molecule has 0 saturated heterocycles. The third-order valence-electron chi connectivity index (χ3n) is 17.5. The smallest absolute Gasteiger partial charge is 0.309 e. The molecular formula is C78H49F6N3. The predicted molar refractivity (Wildman–Crippen MR) is 346 cm³/mol. The Morgan fingerprint density at radius 3 is 1.03 bits per heavy atom. The van der Waals surface area contributed by atoms with Crippen LogP contribution in [0.4, 0.5) is 26.3 Å². The van der Waals surface area contributed by atoms with E-state index in [-0.39, 0.29) is 0 Å². The third-order valence-corrected chi connectivity index (χ3v) is 17.5. The van der Waals surface area contributed by atoms with E-state index in [0.717, 1.165) is 133 Å². The summed E-state index contributed by atoms with van der Waals surface area (Å²) in [5.74, 6) is 0. The predicted octanol–water partition coefficient (Wildman–Crippen LogP) is 22.6. The molecule has 0 aliphatic carbocycles. The zero-order valence-electron chi connectivity index (χ0n) is 46.9. The van der Waals surface area contributed by atoms with Crippen molar-refractivity contribution in [3.63, 3.8) is 0 Å². The Bertz CT molecular complexity index is 5450. The molecule has 0 bridgehead atoms. The van der Waals surface area contributed by atoms with E-state index in [4.69, 9.17) is 0 Å². The Morgan fingerprint density at radius 1 is 0.230 bits per heavy atom. The minimum absolute atomic E-state index is 0.421. The lowest BCUT2D eigenvalue weighted by Crippen LogP contribution is -2.06. The molecule has 3 aromatic heterocycles. The molecule has 3 nitrogen and oxygen atoms in total. The first kappa shape index (κ1) is 52.0. The highest BCUT2D eigenvalue weighted by Crippen LogP contribution is 2.46. The average Bonchev–Trinajstić information content (AvgIpc) is 1.97. The van der Waals surface area contributed by atoms with E-state index >= 15 is 0 Å². The van der Waals surface area contributed by atoms with E-state index < -0.39 is 23.5 Å². The fraction of sp³-hybridized carbons (Fsp3) is 0.0513. The van der Waals surface area contributed by atoms with E-state index in [1.165, 1.54) is 34.5 Å². The van der Waals surface area contributed by atoms with Crippen LogP contribution >= 0.6 is 0 Å². The van der Waals surface area contributed by atoms with Gasteiger partial charge in [0, 0.05) is 49.4 Å². The lowest BCUT2D eigenvalue weighted by Gasteiger charge is -2.18. The molecule has 3 heterocycles. The average molecular weight is 1140 g/mol. The quantitative estimate of drug-likeness (QED) is 0.112. The molecule has 0 amide bonds. The van der Waals surface area contributed by atoms with Crippen molar-refractivity contribution in [2.24, 2.45) is 0 Å². The molecule has 0 fully saturated rings. The van der Waals surface area contributed by atoms with E-state index in [2.05, 4.69) is 156 Å². The summed E-state index contributed by atoms with van der Waals surface area (Å²) in [6.45, 7) is 4.02. The summed E-state index contributed by atoms with van der Waals surface area (Å²) in [6, 6.07) is 85.3. The number of rotatable bonds is 7. The van der Waals surface area contributed by atoms with Crippen molar-refractivity contribution >= 4 is 87.0 Å². The molecule has 0 spiro atoms. The van der Waals surface area contributed by atoms with Gasteiger partial charge >= 0.3 is 12.4 Å². The Labute approximate surface area is 495 Å². The number of hydrogen-bond acceptors (Lipinski definition) is 0. The van der Waals surface area contributed by atoms with E-state index in [1.807, 2.05) is 89.7 Å². The van der Waals surface area contributed by atoms with Crippen LogP contribution in [0.15, 0.2) is 261 Å². The molecule has 0 N–H and O–H groups in total. The summed E-state index contributed by atoms with van der Waals surface area (Å²) in [4.78, 5) is 0. The van der Waals surface area contributed by atoms with Gasteiger partial charge in [-0.1, -0.05) is 145 Å². The first-order valence-corrected chi connectivity index (χ1v) is 28.9. The largest absolute Gasteiger partial charge is 0.416 e. The number of nitrogens with zero attached hydrogens (tertiary/aromatic N) is 3. The molecule has 0 aliphatic heterocycles. The minimum Gasteiger partial charge on any atom is -0.309 e. The van der Waals surface area contributed by atoms with Crippen LogP contribution in [0.3, 0.4) is 0 Å². The summed E-state index contributed by atoms with van der Waals surface area (Å²) in [5, 5.41) is 9.67. The van der Waals surface area contributed by atoms with Crippen LogP contribution in [0.5, 0.6) is 0 Å². The molecule has 0 atom stereocenters. The first-order chi connectivity index (χ1) is 42.2. The van der Waals surface area contributed by atoms with Crippen molar-refractivity contribution in [3.8, 4) is 61.6 Å². The minimum atomic E-state index is -4.53. The summed E-state index contributed by atoms with van der Waals surface area (Å²) < 4.78 is 92.1. The molecule has 0 aliphatic rings. The number of fused-ring (bicyclic) bond motifs is 11. The van der Waals surface area contributed by atoms with E-state index in [0.29, 0.717) is 22.0 Å². The molecule has 0 unspecified atom stereocenters. The Morgan fingerprint density at radius 2 is 0.575 bits per heavy atom. The topological polar surface area (TPSA) is 14.8 Å². The van der Waals surface area contributed by atoms with E-state index in [1.54, 1.807) is 12.1 Å². The van der Waals surface area contributed by atoms with Crippen molar-refractivity contribution in [1.29, 1.82) is 0 Å². The van der Waals surface area contributed by atoms with Gasteiger partial charge in [-0.2, -0.15) is 26.3 Å². The molecule has 0 radical (unpaired) electrons. The summed E-state index contributed by atoms with van der Waals surface area (Å²) in [7, 11) is 0. The number of aromatic nitrogens is 3. The van der Waals surface area contributed by atoms with Gasteiger partial charge in [0.05, 0.1) is 44.2 Å². The summed E-state index contributed by atoms with van der Waals surface area (Å²) >= 11 is 0. The molecule has 9 heteroatoms. The molecule has 13 aromatic carbocycles. The highest BCUT2D eigenvalue weighted by molar-refractivity contribution is 6.22.